The van der Waals surface area contributed by atoms with E-state index in [2.05, 4.69) is 27.0 Å². The smallest absolute Gasteiger partial charge is 0.154 e. The van der Waals surface area contributed by atoms with Gasteiger partial charge in [0.15, 0.2) is 5.69 Å². The van der Waals surface area contributed by atoms with E-state index >= 15 is 0 Å². The van der Waals surface area contributed by atoms with E-state index in [-0.39, 0.29) is 0 Å². The third-order valence-corrected chi connectivity index (χ3v) is 3.10. The summed E-state index contributed by atoms with van der Waals surface area (Å²) in [6.45, 7) is 2.03. The summed E-state index contributed by atoms with van der Waals surface area (Å²) < 4.78 is 2.39. The van der Waals surface area contributed by atoms with Crippen molar-refractivity contribution in [3.8, 4) is 17.5 Å². The molecule has 0 spiro atoms. The highest BCUT2D eigenvalue weighted by atomic mass is 79.9. The maximum absolute atomic E-state index is 8.99. The van der Waals surface area contributed by atoms with Crippen LogP contribution in [-0.4, -0.2) is 9.55 Å². The maximum atomic E-state index is 8.99. The van der Waals surface area contributed by atoms with Gasteiger partial charge in [-0.3, -0.25) is 0 Å². The second kappa shape index (κ2) is 4.11. The fraction of sp³-hybridized carbons (Fsp3) is 0.167. The zero-order valence-corrected chi connectivity index (χ0v) is 10.6. The number of imidazole rings is 1. The Morgan fingerprint density at radius 2 is 2.06 bits per heavy atom. The SMILES string of the molecule is Cc1ccccc1-c1nc(Br)c(C#N)n1C. The molecule has 16 heavy (non-hydrogen) atoms. The van der Waals surface area contributed by atoms with Crippen molar-refractivity contribution in [3.63, 3.8) is 0 Å². The van der Waals surface area contributed by atoms with E-state index in [9.17, 15) is 0 Å². The highest BCUT2D eigenvalue weighted by molar-refractivity contribution is 9.10. The summed E-state index contributed by atoms with van der Waals surface area (Å²) in [7, 11) is 1.85. The molecular formula is C12H10BrN3. The highest BCUT2D eigenvalue weighted by Gasteiger charge is 2.14. The lowest BCUT2D eigenvalue weighted by atomic mass is 10.1. The highest BCUT2D eigenvalue weighted by Crippen LogP contribution is 2.26. The van der Waals surface area contributed by atoms with E-state index < -0.39 is 0 Å². The average molecular weight is 276 g/mol. The van der Waals surface area contributed by atoms with Gasteiger partial charge in [0.1, 0.15) is 16.5 Å². The van der Waals surface area contributed by atoms with Gasteiger partial charge in [-0.05, 0) is 28.4 Å². The Balaban J connectivity index is 2.68. The molecule has 1 aromatic carbocycles. The Morgan fingerprint density at radius 1 is 1.38 bits per heavy atom. The minimum atomic E-state index is 0.540. The van der Waals surface area contributed by atoms with Gasteiger partial charge in [-0.15, -0.1) is 0 Å². The number of aromatic nitrogens is 2. The third-order valence-electron chi connectivity index (χ3n) is 2.54. The van der Waals surface area contributed by atoms with E-state index in [1.807, 2.05) is 38.2 Å². The topological polar surface area (TPSA) is 41.6 Å². The summed E-state index contributed by atoms with van der Waals surface area (Å²) in [6, 6.07) is 10.1. The van der Waals surface area contributed by atoms with Crippen molar-refractivity contribution in [3.05, 3.63) is 40.1 Å². The molecule has 0 saturated carbocycles. The Kier molecular flexibility index (Phi) is 2.80. The van der Waals surface area contributed by atoms with Gasteiger partial charge in [-0.1, -0.05) is 24.3 Å². The number of nitrogens with zero attached hydrogens (tertiary/aromatic N) is 3. The second-order valence-electron chi connectivity index (χ2n) is 3.56. The van der Waals surface area contributed by atoms with E-state index in [4.69, 9.17) is 5.26 Å². The summed E-state index contributed by atoms with van der Waals surface area (Å²) in [5.74, 6) is 0.807. The molecule has 2 rings (SSSR count). The number of benzene rings is 1. The van der Waals surface area contributed by atoms with Gasteiger partial charge in [0, 0.05) is 12.6 Å². The Morgan fingerprint density at radius 3 is 2.62 bits per heavy atom. The van der Waals surface area contributed by atoms with Crippen LogP contribution in [0, 0.1) is 18.3 Å². The van der Waals surface area contributed by atoms with E-state index in [1.165, 1.54) is 0 Å². The number of aryl methyl sites for hydroxylation is 1. The van der Waals surface area contributed by atoms with Crippen LogP contribution in [0.4, 0.5) is 0 Å². The number of halogens is 1. The molecule has 0 aliphatic heterocycles. The zero-order valence-electron chi connectivity index (χ0n) is 9.03. The maximum Gasteiger partial charge on any atom is 0.154 e. The Labute approximate surface area is 102 Å². The number of hydrogen-bond donors (Lipinski definition) is 0. The molecule has 0 aliphatic carbocycles. The van der Waals surface area contributed by atoms with Crippen molar-refractivity contribution in [1.29, 1.82) is 5.26 Å². The number of nitriles is 1. The first-order chi connectivity index (χ1) is 7.65. The molecule has 0 fully saturated rings. The molecule has 0 amide bonds. The van der Waals surface area contributed by atoms with Crippen LogP contribution in [0.2, 0.25) is 0 Å². The van der Waals surface area contributed by atoms with Crippen LogP contribution in [0.3, 0.4) is 0 Å². The molecule has 2 aromatic rings. The molecule has 0 atom stereocenters. The van der Waals surface area contributed by atoms with Crippen LogP contribution in [0.25, 0.3) is 11.4 Å². The van der Waals surface area contributed by atoms with Gasteiger partial charge < -0.3 is 4.57 Å². The van der Waals surface area contributed by atoms with Crippen molar-refractivity contribution in [2.75, 3.05) is 0 Å². The van der Waals surface area contributed by atoms with Crippen LogP contribution >= 0.6 is 15.9 Å². The van der Waals surface area contributed by atoms with Crippen molar-refractivity contribution in [1.82, 2.24) is 9.55 Å². The van der Waals surface area contributed by atoms with Gasteiger partial charge in [0.25, 0.3) is 0 Å². The predicted molar refractivity (Wildman–Crippen MR) is 65.8 cm³/mol. The largest absolute Gasteiger partial charge is 0.318 e. The second-order valence-corrected chi connectivity index (χ2v) is 4.31. The normalized spacial score (nSPS) is 10.1. The summed E-state index contributed by atoms with van der Waals surface area (Å²) in [5.41, 5.74) is 2.73. The quantitative estimate of drug-likeness (QED) is 0.803. The molecule has 0 bridgehead atoms. The minimum absolute atomic E-state index is 0.540. The lowest BCUT2D eigenvalue weighted by Gasteiger charge is -2.05. The first kappa shape index (κ1) is 10.9. The van der Waals surface area contributed by atoms with Gasteiger partial charge in [-0.2, -0.15) is 5.26 Å². The molecule has 0 aliphatic rings. The van der Waals surface area contributed by atoms with Gasteiger partial charge in [0.05, 0.1) is 0 Å². The Hall–Kier alpha value is -1.60. The summed E-state index contributed by atoms with van der Waals surface area (Å²) in [4.78, 5) is 4.37. The summed E-state index contributed by atoms with van der Waals surface area (Å²) in [5, 5.41) is 8.99. The lowest BCUT2D eigenvalue weighted by Crippen LogP contribution is -1.96. The molecule has 4 heteroatoms. The van der Waals surface area contributed by atoms with Crippen molar-refractivity contribution in [2.45, 2.75) is 6.92 Å². The molecule has 0 unspecified atom stereocenters. The van der Waals surface area contributed by atoms with E-state index in [0.29, 0.717) is 10.3 Å². The van der Waals surface area contributed by atoms with Crippen LogP contribution in [0.1, 0.15) is 11.3 Å². The van der Waals surface area contributed by atoms with Gasteiger partial charge in [-0.25, -0.2) is 4.98 Å². The molecule has 0 saturated heterocycles. The summed E-state index contributed by atoms with van der Waals surface area (Å²) >= 11 is 3.30. The third kappa shape index (κ3) is 1.63. The molecular weight excluding hydrogens is 266 g/mol. The molecule has 0 radical (unpaired) electrons. The van der Waals surface area contributed by atoms with Crippen LogP contribution < -0.4 is 0 Å². The summed E-state index contributed by atoms with van der Waals surface area (Å²) in [6.07, 6.45) is 0. The lowest BCUT2D eigenvalue weighted by molar-refractivity contribution is 0.905. The monoisotopic (exact) mass is 275 g/mol. The molecule has 1 aromatic heterocycles. The minimum Gasteiger partial charge on any atom is -0.318 e. The first-order valence-corrected chi connectivity index (χ1v) is 5.62. The zero-order chi connectivity index (χ0) is 11.7. The van der Waals surface area contributed by atoms with Gasteiger partial charge >= 0.3 is 0 Å². The standard InChI is InChI=1S/C12H10BrN3/c1-8-5-3-4-6-9(8)12-15-11(13)10(7-14)16(12)2/h3-6H,1-2H3. The fourth-order valence-corrected chi connectivity index (χ4v) is 2.17. The van der Waals surface area contributed by atoms with Crippen LogP contribution in [0.15, 0.2) is 28.9 Å². The molecule has 80 valence electrons. The van der Waals surface area contributed by atoms with E-state index in [0.717, 1.165) is 17.0 Å². The predicted octanol–water partition coefficient (Wildman–Crippen LogP) is 3.03. The molecule has 0 N–H and O–H groups in total. The number of rotatable bonds is 1. The van der Waals surface area contributed by atoms with E-state index in [1.54, 1.807) is 4.57 Å². The molecule has 3 nitrogen and oxygen atoms in total. The number of hydrogen-bond acceptors (Lipinski definition) is 2. The fourth-order valence-electron chi connectivity index (χ4n) is 1.65. The average Bonchev–Trinajstić information content (AvgIpc) is 2.55. The van der Waals surface area contributed by atoms with Crippen LogP contribution in [0.5, 0.6) is 0 Å². The van der Waals surface area contributed by atoms with Crippen molar-refractivity contribution in [2.24, 2.45) is 7.05 Å². The van der Waals surface area contributed by atoms with Crippen molar-refractivity contribution < 1.29 is 0 Å². The Bertz CT molecular complexity index is 578. The molecule has 1 heterocycles. The first-order valence-electron chi connectivity index (χ1n) is 4.83. The van der Waals surface area contributed by atoms with Crippen molar-refractivity contribution >= 4 is 15.9 Å². The van der Waals surface area contributed by atoms with Crippen LogP contribution in [-0.2, 0) is 7.05 Å². The van der Waals surface area contributed by atoms with Gasteiger partial charge in [0.2, 0.25) is 0 Å².